The molecule has 3 heteroatoms. The molecule has 0 amide bonds. The van der Waals surface area contributed by atoms with Gasteiger partial charge in [-0.2, -0.15) is 0 Å². The van der Waals surface area contributed by atoms with Crippen molar-refractivity contribution in [3.8, 4) is 22.5 Å². The van der Waals surface area contributed by atoms with Gasteiger partial charge in [-0.25, -0.2) is 0 Å². The molecule has 6 aromatic rings. The molecule has 6 rings (SSSR count). The maximum absolute atomic E-state index is 4.61. The minimum atomic E-state index is 0. The van der Waals surface area contributed by atoms with E-state index >= 15 is 0 Å². The summed E-state index contributed by atoms with van der Waals surface area (Å²) in [6.45, 7) is 6.79. The first-order chi connectivity index (χ1) is 18.0. The fourth-order valence-corrected chi connectivity index (χ4v) is 4.37. The van der Waals surface area contributed by atoms with Crippen LogP contribution in [0.4, 0.5) is 0 Å². The number of rotatable bonds is 4. The van der Waals surface area contributed by atoms with E-state index in [9.17, 15) is 0 Å². The van der Waals surface area contributed by atoms with Crippen molar-refractivity contribution < 1.29 is 20.1 Å². The summed E-state index contributed by atoms with van der Waals surface area (Å²) in [5, 5.41) is 5.02. The van der Waals surface area contributed by atoms with Crippen LogP contribution in [0.1, 0.15) is 32.8 Å². The molecule has 4 aromatic carbocycles. The van der Waals surface area contributed by atoms with Gasteiger partial charge in [-0.3, -0.25) is 0 Å². The molecule has 0 aliphatic rings. The van der Waals surface area contributed by atoms with E-state index in [0.29, 0.717) is 0 Å². The molecule has 2 nitrogen and oxygen atoms in total. The summed E-state index contributed by atoms with van der Waals surface area (Å²) in [5.41, 5.74) is 5.54. The van der Waals surface area contributed by atoms with Crippen LogP contribution < -0.4 is 0 Å². The maximum atomic E-state index is 4.61. The summed E-state index contributed by atoms with van der Waals surface area (Å²) in [4.78, 5) is 8.83. The minimum absolute atomic E-state index is 0. The second-order valence-corrected chi connectivity index (χ2v) is 9.79. The van der Waals surface area contributed by atoms with Gasteiger partial charge in [0.2, 0.25) is 0 Å². The SMILES string of the molecule is CCC(C)(C)c1ccnc(-c2[c-]cc3ccc4ccccc4c3c2)c1.[Ir].[c-]1ccccc1-c1ccccn1. The molecule has 2 heterocycles. The van der Waals surface area contributed by atoms with Crippen LogP contribution in [0, 0.1) is 12.1 Å². The van der Waals surface area contributed by atoms with E-state index < -0.39 is 0 Å². The smallest absolute Gasteiger partial charge is 0.0163 e. The fraction of sp³-hybridized carbons (Fsp3) is 0.143. The van der Waals surface area contributed by atoms with Crippen molar-refractivity contribution in [2.24, 2.45) is 0 Å². The number of pyridine rings is 2. The van der Waals surface area contributed by atoms with E-state index in [4.69, 9.17) is 0 Å². The zero-order valence-electron chi connectivity index (χ0n) is 21.9. The molecule has 2 aromatic heterocycles. The molecule has 0 fully saturated rings. The van der Waals surface area contributed by atoms with Crippen molar-refractivity contribution in [2.45, 2.75) is 32.6 Å². The third-order valence-electron chi connectivity index (χ3n) is 7.03. The Hall–Kier alpha value is -3.65. The van der Waals surface area contributed by atoms with Gasteiger partial charge in [0.1, 0.15) is 0 Å². The third kappa shape index (κ3) is 6.07. The number of fused-ring (bicyclic) bond motifs is 3. The molecular formula is C35H30IrN2-2. The quantitative estimate of drug-likeness (QED) is 0.138. The molecule has 38 heavy (non-hydrogen) atoms. The summed E-state index contributed by atoms with van der Waals surface area (Å²) >= 11 is 0. The zero-order chi connectivity index (χ0) is 25.7. The summed E-state index contributed by atoms with van der Waals surface area (Å²) in [5.74, 6) is 0. The first-order valence-corrected chi connectivity index (χ1v) is 12.7. The van der Waals surface area contributed by atoms with Crippen LogP contribution in [0.15, 0.2) is 116 Å². The average Bonchev–Trinajstić information content (AvgIpc) is 2.98. The minimum Gasteiger partial charge on any atom is -0.305 e. The van der Waals surface area contributed by atoms with Gasteiger partial charge in [0.15, 0.2) is 0 Å². The maximum Gasteiger partial charge on any atom is 0.0163 e. The van der Waals surface area contributed by atoms with Crippen LogP contribution in [0.25, 0.3) is 44.1 Å². The third-order valence-corrected chi connectivity index (χ3v) is 7.03. The van der Waals surface area contributed by atoms with Gasteiger partial charge in [-0.1, -0.05) is 86.1 Å². The summed E-state index contributed by atoms with van der Waals surface area (Å²) < 4.78 is 0. The topological polar surface area (TPSA) is 25.8 Å². The summed E-state index contributed by atoms with van der Waals surface area (Å²) in [6.07, 6.45) is 4.81. The molecule has 191 valence electrons. The van der Waals surface area contributed by atoms with Crippen LogP contribution in [-0.4, -0.2) is 9.97 Å². The van der Waals surface area contributed by atoms with E-state index in [1.54, 1.807) is 6.20 Å². The van der Waals surface area contributed by atoms with E-state index in [0.717, 1.165) is 28.9 Å². The Labute approximate surface area is 239 Å². The van der Waals surface area contributed by atoms with Gasteiger partial charge in [0.25, 0.3) is 0 Å². The predicted octanol–water partition coefficient (Wildman–Crippen LogP) is 9.09. The Morgan fingerprint density at radius 2 is 1.42 bits per heavy atom. The van der Waals surface area contributed by atoms with Gasteiger partial charge in [0, 0.05) is 32.5 Å². The van der Waals surface area contributed by atoms with Gasteiger partial charge >= 0.3 is 0 Å². The van der Waals surface area contributed by atoms with E-state index in [2.05, 4.69) is 104 Å². The van der Waals surface area contributed by atoms with Crippen LogP contribution in [0.2, 0.25) is 0 Å². The second-order valence-electron chi connectivity index (χ2n) is 9.79. The molecule has 0 saturated carbocycles. The molecule has 0 bridgehead atoms. The van der Waals surface area contributed by atoms with Crippen LogP contribution in [0.3, 0.4) is 0 Å². The molecular weight excluding hydrogens is 641 g/mol. The molecule has 0 N–H and O–H groups in total. The van der Waals surface area contributed by atoms with Crippen molar-refractivity contribution in [3.63, 3.8) is 0 Å². The molecule has 1 radical (unpaired) electrons. The van der Waals surface area contributed by atoms with Crippen molar-refractivity contribution in [2.75, 3.05) is 0 Å². The van der Waals surface area contributed by atoms with Crippen LogP contribution >= 0.6 is 0 Å². The molecule has 0 aliphatic carbocycles. The van der Waals surface area contributed by atoms with Crippen molar-refractivity contribution in [3.05, 3.63) is 133 Å². The predicted molar refractivity (Wildman–Crippen MR) is 155 cm³/mol. The Morgan fingerprint density at radius 3 is 2.18 bits per heavy atom. The molecule has 0 aliphatic heterocycles. The van der Waals surface area contributed by atoms with Gasteiger partial charge < -0.3 is 9.97 Å². The number of hydrogen-bond donors (Lipinski definition) is 0. The Bertz CT molecular complexity index is 1590. The van der Waals surface area contributed by atoms with Gasteiger partial charge in [-0.15, -0.1) is 59.7 Å². The Balaban J connectivity index is 0.000000218. The standard InChI is InChI=1S/C24H22N.C11H8N.Ir/c1-4-24(2,3)20-13-14-25-23(16-20)19-12-11-18-10-9-17-7-5-6-8-21(17)22(18)15-19;1-2-6-10(7-3-1)11-8-4-5-9-12-11;/h5-11,13-16H,4H2,1-3H3;1-6,8-9H;/q2*-1;. The van der Waals surface area contributed by atoms with Crippen LogP contribution in [0.5, 0.6) is 0 Å². The van der Waals surface area contributed by atoms with Gasteiger partial charge in [0.05, 0.1) is 0 Å². The number of hydrogen-bond acceptors (Lipinski definition) is 2. The van der Waals surface area contributed by atoms with E-state index in [1.807, 2.05) is 48.7 Å². The fourth-order valence-electron chi connectivity index (χ4n) is 4.37. The molecule has 0 unspecified atom stereocenters. The van der Waals surface area contributed by atoms with Crippen molar-refractivity contribution in [1.82, 2.24) is 9.97 Å². The van der Waals surface area contributed by atoms with E-state index in [1.165, 1.54) is 27.1 Å². The summed E-state index contributed by atoms with van der Waals surface area (Å²) in [6, 6.07) is 41.8. The summed E-state index contributed by atoms with van der Waals surface area (Å²) in [7, 11) is 0. The molecule has 0 saturated heterocycles. The van der Waals surface area contributed by atoms with Crippen LogP contribution in [-0.2, 0) is 25.5 Å². The van der Waals surface area contributed by atoms with Crippen molar-refractivity contribution >= 4 is 21.5 Å². The average molecular weight is 671 g/mol. The Kier molecular flexibility index (Phi) is 8.84. The molecule has 0 atom stereocenters. The second kappa shape index (κ2) is 12.3. The zero-order valence-corrected chi connectivity index (χ0v) is 24.3. The van der Waals surface area contributed by atoms with Gasteiger partial charge in [-0.05, 0) is 51.7 Å². The van der Waals surface area contributed by atoms with E-state index in [-0.39, 0.29) is 25.5 Å². The van der Waals surface area contributed by atoms with Crippen molar-refractivity contribution in [1.29, 1.82) is 0 Å². The largest absolute Gasteiger partial charge is 0.305 e. The first kappa shape index (κ1) is 27.4. The Morgan fingerprint density at radius 1 is 0.658 bits per heavy atom. The first-order valence-electron chi connectivity index (χ1n) is 12.7. The monoisotopic (exact) mass is 671 g/mol. The molecule has 0 spiro atoms. The number of nitrogens with zero attached hydrogens (tertiary/aromatic N) is 2. The number of aromatic nitrogens is 2. The number of benzene rings is 4. The normalized spacial score (nSPS) is 10.9.